The van der Waals surface area contributed by atoms with Crippen LogP contribution < -0.4 is 0 Å². The van der Waals surface area contributed by atoms with Crippen LogP contribution in [-0.4, -0.2) is 5.11 Å². The molecule has 0 heterocycles. The SMILES string of the molecule is Cc1cc(F)c(O)c(C2(C)CCCCC2)c1. The van der Waals surface area contributed by atoms with Crippen molar-refractivity contribution in [3.05, 3.63) is 29.1 Å². The van der Waals surface area contributed by atoms with Crippen molar-refractivity contribution in [1.82, 2.24) is 0 Å². The molecular weight excluding hydrogens is 203 g/mol. The highest BCUT2D eigenvalue weighted by atomic mass is 19.1. The van der Waals surface area contributed by atoms with Crippen molar-refractivity contribution < 1.29 is 9.50 Å². The Kier molecular flexibility index (Phi) is 2.92. The maximum absolute atomic E-state index is 13.5. The van der Waals surface area contributed by atoms with Crippen LogP contribution in [0.3, 0.4) is 0 Å². The van der Waals surface area contributed by atoms with Gasteiger partial charge in [-0.25, -0.2) is 4.39 Å². The van der Waals surface area contributed by atoms with Gasteiger partial charge in [-0.15, -0.1) is 0 Å². The van der Waals surface area contributed by atoms with Gasteiger partial charge in [-0.05, 0) is 36.8 Å². The second-order valence-electron chi connectivity index (χ2n) is 5.26. The predicted octanol–water partition coefficient (Wildman–Crippen LogP) is 4.06. The fourth-order valence-corrected chi connectivity index (χ4v) is 2.80. The van der Waals surface area contributed by atoms with Gasteiger partial charge in [0.25, 0.3) is 0 Å². The Morgan fingerprint density at radius 1 is 1.19 bits per heavy atom. The van der Waals surface area contributed by atoms with Gasteiger partial charge in [0.05, 0.1) is 0 Å². The van der Waals surface area contributed by atoms with Crippen LogP contribution in [0.5, 0.6) is 5.75 Å². The number of hydrogen-bond donors (Lipinski definition) is 1. The highest BCUT2D eigenvalue weighted by Crippen LogP contribution is 2.43. The summed E-state index contributed by atoms with van der Waals surface area (Å²) in [5.74, 6) is -0.628. The van der Waals surface area contributed by atoms with E-state index in [1.54, 1.807) is 0 Å². The lowest BCUT2D eigenvalue weighted by molar-refractivity contribution is 0.303. The third-order valence-corrected chi connectivity index (χ3v) is 3.82. The summed E-state index contributed by atoms with van der Waals surface area (Å²) < 4.78 is 13.5. The van der Waals surface area contributed by atoms with Crippen molar-refractivity contribution in [2.75, 3.05) is 0 Å². The summed E-state index contributed by atoms with van der Waals surface area (Å²) >= 11 is 0. The van der Waals surface area contributed by atoms with E-state index in [2.05, 4.69) is 6.92 Å². The van der Waals surface area contributed by atoms with Crippen LogP contribution in [-0.2, 0) is 5.41 Å². The number of benzene rings is 1. The van der Waals surface area contributed by atoms with Crippen LogP contribution in [0.1, 0.15) is 50.2 Å². The molecule has 0 aliphatic heterocycles. The van der Waals surface area contributed by atoms with E-state index in [1.807, 2.05) is 13.0 Å². The largest absolute Gasteiger partial charge is 0.505 e. The Balaban J connectivity index is 2.45. The number of phenolic OH excluding ortho intramolecular Hbond substituents is 1. The molecule has 2 rings (SSSR count). The molecule has 0 amide bonds. The molecule has 88 valence electrons. The third kappa shape index (κ3) is 1.93. The molecule has 1 N–H and O–H groups in total. The molecule has 0 aromatic heterocycles. The molecule has 1 aromatic rings. The second kappa shape index (κ2) is 4.08. The van der Waals surface area contributed by atoms with Crippen molar-refractivity contribution in [2.45, 2.75) is 51.4 Å². The number of aromatic hydroxyl groups is 1. The Hall–Kier alpha value is -1.05. The summed E-state index contributed by atoms with van der Waals surface area (Å²) in [6, 6.07) is 3.33. The molecule has 1 fully saturated rings. The summed E-state index contributed by atoms with van der Waals surface area (Å²) in [5, 5.41) is 9.86. The molecule has 1 saturated carbocycles. The van der Waals surface area contributed by atoms with E-state index in [0.717, 1.165) is 24.0 Å². The lowest BCUT2D eigenvalue weighted by Crippen LogP contribution is -2.25. The van der Waals surface area contributed by atoms with Crippen LogP contribution >= 0.6 is 0 Å². The van der Waals surface area contributed by atoms with E-state index in [-0.39, 0.29) is 11.2 Å². The lowest BCUT2D eigenvalue weighted by Gasteiger charge is -2.34. The maximum Gasteiger partial charge on any atom is 0.165 e. The van der Waals surface area contributed by atoms with E-state index >= 15 is 0 Å². The Labute approximate surface area is 96.3 Å². The van der Waals surface area contributed by atoms with Gasteiger partial charge in [0.1, 0.15) is 0 Å². The first-order chi connectivity index (χ1) is 7.53. The number of halogens is 1. The van der Waals surface area contributed by atoms with Crippen LogP contribution in [0.15, 0.2) is 12.1 Å². The second-order valence-corrected chi connectivity index (χ2v) is 5.26. The molecular formula is C14H19FO. The molecule has 0 spiro atoms. The van der Waals surface area contributed by atoms with Crippen LogP contribution in [0.4, 0.5) is 4.39 Å². The molecule has 0 saturated heterocycles. The number of rotatable bonds is 1. The van der Waals surface area contributed by atoms with Crippen molar-refractivity contribution in [2.24, 2.45) is 0 Å². The molecule has 1 nitrogen and oxygen atoms in total. The summed E-state index contributed by atoms with van der Waals surface area (Å²) in [7, 11) is 0. The van der Waals surface area contributed by atoms with Crippen molar-refractivity contribution in [3.63, 3.8) is 0 Å². The quantitative estimate of drug-likeness (QED) is 0.759. The fourth-order valence-electron chi connectivity index (χ4n) is 2.80. The first kappa shape index (κ1) is 11.4. The molecule has 0 bridgehead atoms. The fraction of sp³-hybridized carbons (Fsp3) is 0.571. The van der Waals surface area contributed by atoms with Gasteiger partial charge in [0.2, 0.25) is 0 Å². The number of hydrogen-bond acceptors (Lipinski definition) is 1. The standard InChI is InChI=1S/C14H19FO/c1-10-8-11(13(16)12(15)9-10)14(2)6-4-3-5-7-14/h8-9,16H,3-7H2,1-2H3. The van der Waals surface area contributed by atoms with E-state index in [4.69, 9.17) is 0 Å². The minimum atomic E-state index is -0.484. The number of phenols is 1. The van der Waals surface area contributed by atoms with E-state index in [0.29, 0.717) is 0 Å². The van der Waals surface area contributed by atoms with Gasteiger partial charge >= 0.3 is 0 Å². The lowest BCUT2D eigenvalue weighted by atomic mass is 9.70. The highest BCUT2D eigenvalue weighted by Gasteiger charge is 2.32. The molecule has 1 aliphatic carbocycles. The highest BCUT2D eigenvalue weighted by molar-refractivity contribution is 5.42. The van der Waals surface area contributed by atoms with E-state index in [1.165, 1.54) is 25.3 Å². The molecule has 0 atom stereocenters. The van der Waals surface area contributed by atoms with E-state index in [9.17, 15) is 9.50 Å². The normalized spacial score (nSPS) is 19.7. The average Bonchev–Trinajstić information content (AvgIpc) is 2.24. The summed E-state index contributed by atoms with van der Waals surface area (Å²) in [4.78, 5) is 0. The number of aryl methyl sites for hydroxylation is 1. The van der Waals surface area contributed by atoms with Crippen molar-refractivity contribution in [3.8, 4) is 5.75 Å². The topological polar surface area (TPSA) is 20.2 Å². The minimum absolute atomic E-state index is 0.0464. The van der Waals surface area contributed by atoms with Crippen LogP contribution in [0.25, 0.3) is 0 Å². The van der Waals surface area contributed by atoms with Crippen molar-refractivity contribution in [1.29, 1.82) is 0 Å². The smallest absolute Gasteiger partial charge is 0.165 e. The summed E-state index contributed by atoms with van der Waals surface area (Å²) in [6.45, 7) is 4.01. The zero-order valence-electron chi connectivity index (χ0n) is 10.0. The van der Waals surface area contributed by atoms with Crippen molar-refractivity contribution >= 4 is 0 Å². The summed E-state index contributed by atoms with van der Waals surface area (Å²) in [6.07, 6.45) is 5.69. The molecule has 0 unspecified atom stereocenters. The first-order valence-electron chi connectivity index (χ1n) is 6.02. The minimum Gasteiger partial charge on any atom is -0.505 e. The van der Waals surface area contributed by atoms with E-state index < -0.39 is 5.82 Å². The molecule has 1 aliphatic rings. The average molecular weight is 222 g/mol. The third-order valence-electron chi connectivity index (χ3n) is 3.82. The van der Waals surface area contributed by atoms with Gasteiger partial charge < -0.3 is 5.11 Å². The van der Waals surface area contributed by atoms with Gasteiger partial charge in [-0.3, -0.25) is 0 Å². The molecule has 16 heavy (non-hydrogen) atoms. The van der Waals surface area contributed by atoms with Crippen LogP contribution in [0.2, 0.25) is 0 Å². The first-order valence-corrected chi connectivity index (χ1v) is 6.02. The molecule has 2 heteroatoms. The summed E-state index contributed by atoms with van der Waals surface area (Å²) in [5.41, 5.74) is 1.64. The van der Waals surface area contributed by atoms with Gasteiger partial charge in [-0.2, -0.15) is 0 Å². The molecule has 1 aromatic carbocycles. The predicted molar refractivity (Wildman–Crippen MR) is 63.2 cm³/mol. The van der Waals surface area contributed by atoms with Gasteiger partial charge in [-0.1, -0.05) is 32.3 Å². The zero-order chi connectivity index (χ0) is 11.8. The molecule has 0 radical (unpaired) electrons. The Morgan fingerprint density at radius 2 is 1.81 bits per heavy atom. The van der Waals surface area contributed by atoms with Gasteiger partial charge in [0.15, 0.2) is 11.6 Å². The zero-order valence-corrected chi connectivity index (χ0v) is 10.0. The van der Waals surface area contributed by atoms with Crippen LogP contribution in [0, 0.1) is 12.7 Å². The monoisotopic (exact) mass is 222 g/mol. The Morgan fingerprint density at radius 3 is 2.44 bits per heavy atom. The maximum atomic E-state index is 13.5. The Bertz CT molecular complexity index is 392. The van der Waals surface area contributed by atoms with Gasteiger partial charge in [0, 0.05) is 5.56 Å².